The van der Waals surface area contributed by atoms with E-state index in [0.717, 1.165) is 42.5 Å². The van der Waals surface area contributed by atoms with Crippen LogP contribution in [0.1, 0.15) is 47.0 Å². The van der Waals surface area contributed by atoms with E-state index < -0.39 is 12.6 Å². The molecule has 0 saturated heterocycles. The second kappa shape index (κ2) is 13.0. The Morgan fingerprint density at radius 1 is 1.21 bits per heavy atom. The number of anilines is 1. The first-order chi connectivity index (χ1) is 18.4. The molecule has 0 aliphatic heterocycles. The minimum Gasteiger partial charge on any atom is -0.462 e. The zero-order chi connectivity index (χ0) is 27.1. The second-order valence-electron chi connectivity index (χ2n) is 8.43. The Labute approximate surface area is 227 Å². The van der Waals surface area contributed by atoms with E-state index in [1.54, 1.807) is 29.7 Å². The number of amides is 1. The molecule has 1 aromatic carbocycles. The van der Waals surface area contributed by atoms with Gasteiger partial charge in [0.1, 0.15) is 10.8 Å². The summed E-state index contributed by atoms with van der Waals surface area (Å²) < 4.78 is 36.4. The molecular weight excluding hydrogens is 534 g/mol. The summed E-state index contributed by atoms with van der Waals surface area (Å²) in [6.45, 7) is 3.27. The molecule has 0 atom stereocenters. The molecule has 4 rings (SSSR count). The van der Waals surface area contributed by atoms with Crippen LogP contribution >= 0.6 is 23.1 Å². The summed E-state index contributed by atoms with van der Waals surface area (Å²) in [5.41, 5.74) is 2.12. The Balaban J connectivity index is 1.48. The Kier molecular flexibility index (Phi) is 9.51. The average Bonchev–Trinajstić information content (AvgIpc) is 3.35. The zero-order valence-electron chi connectivity index (χ0n) is 20.9. The van der Waals surface area contributed by atoms with Crippen molar-refractivity contribution < 1.29 is 27.8 Å². The van der Waals surface area contributed by atoms with Crippen molar-refractivity contribution in [3.05, 3.63) is 52.9 Å². The van der Waals surface area contributed by atoms with E-state index >= 15 is 0 Å². The molecular formula is C26H28F2N4O4S2. The minimum atomic E-state index is -2.91. The van der Waals surface area contributed by atoms with Crippen LogP contribution < -0.4 is 10.1 Å². The Morgan fingerprint density at radius 2 is 1.97 bits per heavy atom. The Morgan fingerprint density at radius 3 is 2.68 bits per heavy atom. The summed E-state index contributed by atoms with van der Waals surface area (Å²) in [6.07, 6.45) is 6.54. The van der Waals surface area contributed by atoms with Gasteiger partial charge in [-0.05, 0) is 62.4 Å². The number of thiophene rings is 1. The van der Waals surface area contributed by atoms with Gasteiger partial charge in [-0.2, -0.15) is 8.78 Å². The SMILES string of the molecule is C=CCn1c(SCC(=O)Nc2sc3c(c2C(=O)OCC)CCCCC3)nnc1-c1ccc(OC(F)F)cc1. The molecule has 0 fully saturated rings. The molecule has 12 heteroatoms. The lowest BCUT2D eigenvalue weighted by Gasteiger charge is -2.10. The Hall–Kier alpha value is -3.25. The summed E-state index contributed by atoms with van der Waals surface area (Å²) in [6, 6.07) is 6.08. The van der Waals surface area contributed by atoms with E-state index in [-0.39, 0.29) is 24.0 Å². The summed E-state index contributed by atoms with van der Waals surface area (Å²) in [4.78, 5) is 26.8. The number of carbonyl (C=O) groups is 2. The van der Waals surface area contributed by atoms with Crippen LogP contribution in [0.25, 0.3) is 11.4 Å². The summed E-state index contributed by atoms with van der Waals surface area (Å²) in [5.74, 6) is -0.0995. The number of ether oxygens (including phenoxy) is 2. The van der Waals surface area contributed by atoms with Crippen molar-refractivity contribution in [1.82, 2.24) is 14.8 Å². The quantitative estimate of drug-likeness (QED) is 0.133. The molecule has 0 radical (unpaired) electrons. The topological polar surface area (TPSA) is 95.3 Å². The normalized spacial score (nSPS) is 13.1. The highest BCUT2D eigenvalue weighted by Crippen LogP contribution is 2.38. The van der Waals surface area contributed by atoms with E-state index in [9.17, 15) is 18.4 Å². The molecule has 3 aromatic rings. The molecule has 0 unspecified atom stereocenters. The number of aromatic nitrogens is 3. The van der Waals surface area contributed by atoms with E-state index in [1.807, 2.05) is 0 Å². The number of nitrogens with zero attached hydrogens (tertiary/aromatic N) is 3. The van der Waals surface area contributed by atoms with Crippen molar-refractivity contribution in [1.29, 1.82) is 0 Å². The van der Waals surface area contributed by atoms with Crippen LogP contribution in [0.2, 0.25) is 0 Å². The number of carbonyl (C=O) groups excluding carboxylic acids is 2. The van der Waals surface area contributed by atoms with Gasteiger partial charge in [0, 0.05) is 17.0 Å². The van der Waals surface area contributed by atoms with E-state index in [2.05, 4.69) is 26.8 Å². The van der Waals surface area contributed by atoms with Crippen LogP contribution in [0.15, 0.2) is 42.1 Å². The van der Waals surface area contributed by atoms with Crippen LogP contribution in [0, 0.1) is 0 Å². The van der Waals surface area contributed by atoms with E-state index in [4.69, 9.17) is 4.74 Å². The summed E-state index contributed by atoms with van der Waals surface area (Å²) >= 11 is 2.65. The molecule has 2 aromatic heterocycles. The lowest BCUT2D eigenvalue weighted by molar-refractivity contribution is -0.113. The summed E-state index contributed by atoms with van der Waals surface area (Å²) in [5, 5.41) is 12.4. The lowest BCUT2D eigenvalue weighted by atomic mass is 10.1. The van der Waals surface area contributed by atoms with Gasteiger partial charge in [0.15, 0.2) is 11.0 Å². The van der Waals surface area contributed by atoms with Gasteiger partial charge in [-0.15, -0.1) is 28.1 Å². The van der Waals surface area contributed by atoms with Crippen LogP contribution in [-0.2, 0) is 28.9 Å². The van der Waals surface area contributed by atoms with Gasteiger partial charge in [0.25, 0.3) is 0 Å². The number of aryl methyl sites for hydroxylation is 1. The molecule has 8 nitrogen and oxygen atoms in total. The van der Waals surface area contributed by atoms with Crippen molar-refractivity contribution in [2.75, 3.05) is 17.7 Å². The highest BCUT2D eigenvalue weighted by atomic mass is 32.2. The minimum absolute atomic E-state index is 0.0397. The van der Waals surface area contributed by atoms with Crippen molar-refractivity contribution >= 4 is 40.0 Å². The maximum absolute atomic E-state index is 12.9. The zero-order valence-corrected chi connectivity index (χ0v) is 22.5. The number of halogens is 2. The molecule has 1 N–H and O–H groups in total. The number of benzene rings is 1. The number of hydrogen-bond donors (Lipinski definition) is 1. The third-order valence-electron chi connectivity index (χ3n) is 5.85. The van der Waals surface area contributed by atoms with Gasteiger partial charge < -0.3 is 14.8 Å². The number of rotatable bonds is 11. The molecule has 38 heavy (non-hydrogen) atoms. The predicted octanol–water partition coefficient (Wildman–Crippen LogP) is 5.97. The first kappa shape index (κ1) is 27.8. The summed E-state index contributed by atoms with van der Waals surface area (Å²) in [7, 11) is 0. The van der Waals surface area contributed by atoms with Gasteiger partial charge in [-0.1, -0.05) is 24.3 Å². The standard InChI is InChI=1S/C26H28F2N4O4S2/c1-3-14-32-22(16-10-12-17(13-11-16)36-25(27)28)30-31-26(32)37-15-20(33)29-23-21(24(34)35-4-2)18-8-6-5-7-9-19(18)38-23/h3,10-13,25H,1,4-9,14-15H2,2H3,(H,29,33). The fraction of sp³-hybridized carbons (Fsp3) is 0.385. The van der Waals surface area contributed by atoms with Gasteiger partial charge >= 0.3 is 12.6 Å². The van der Waals surface area contributed by atoms with E-state index in [1.165, 1.54) is 35.2 Å². The first-order valence-corrected chi connectivity index (χ1v) is 14.0. The van der Waals surface area contributed by atoms with Crippen LogP contribution in [-0.4, -0.2) is 45.6 Å². The van der Waals surface area contributed by atoms with Gasteiger partial charge in [0.05, 0.1) is 17.9 Å². The largest absolute Gasteiger partial charge is 0.462 e. The molecule has 2 heterocycles. The Bertz CT molecular complexity index is 1290. The number of allylic oxidation sites excluding steroid dienone is 1. The van der Waals surface area contributed by atoms with E-state index in [0.29, 0.717) is 33.7 Å². The molecule has 0 saturated carbocycles. The first-order valence-electron chi connectivity index (χ1n) is 12.2. The molecule has 1 aliphatic rings. The fourth-order valence-electron chi connectivity index (χ4n) is 4.23. The number of alkyl halides is 2. The predicted molar refractivity (Wildman–Crippen MR) is 143 cm³/mol. The number of nitrogens with one attached hydrogen (secondary N) is 1. The average molecular weight is 563 g/mol. The smallest absolute Gasteiger partial charge is 0.387 e. The number of hydrogen-bond acceptors (Lipinski definition) is 8. The van der Waals surface area contributed by atoms with Crippen molar-refractivity contribution in [2.45, 2.75) is 57.3 Å². The third kappa shape index (κ3) is 6.60. The highest BCUT2D eigenvalue weighted by molar-refractivity contribution is 7.99. The number of thioether (sulfide) groups is 1. The monoisotopic (exact) mass is 562 g/mol. The maximum atomic E-state index is 12.9. The molecule has 0 spiro atoms. The number of esters is 1. The van der Waals surface area contributed by atoms with Crippen LogP contribution in [0.4, 0.5) is 13.8 Å². The van der Waals surface area contributed by atoms with Gasteiger partial charge in [-0.3, -0.25) is 9.36 Å². The lowest BCUT2D eigenvalue weighted by Crippen LogP contribution is -2.17. The maximum Gasteiger partial charge on any atom is 0.387 e. The number of fused-ring (bicyclic) bond motifs is 1. The third-order valence-corrected chi connectivity index (χ3v) is 8.03. The second-order valence-corrected chi connectivity index (χ2v) is 10.5. The highest BCUT2D eigenvalue weighted by Gasteiger charge is 2.27. The fourth-order valence-corrected chi connectivity index (χ4v) is 6.27. The van der Waals surface area contributed by atoms with Crippen molar-refractivity contribution in [2.24, 2.45) is 0 Å². The van der Waals surface area contributed by atoms with Gasteiger partial charge in [0.2, 0.25) is 5.91 Å². The molecule has 202 valence electrons. The van der Waals surface area contributed by atoms with Crippen molar-refractivity contribution in [3.8, 4) is 17.1 Å². The molecule has 1 amide bonds. The molecule has 1 aliphatic carbocycles. The molecule has 0 bridgehead atoms. The van der Waals surface area contributed by atoms with Crippen LogP contribution in [0.3, 0.4) is 0 Å². The van der Waals surface area contributed by atoms with Crippen LogP contribution in [0.5, 0.6) is 5.75 Å². The van der Waals surface area contributed by atoms with Crippen molar-refractivity contribution in [3.63, 3.8) is 0 Å². The van der Waals surface area contributed by atoms with Gasteiger partial charge in [-0.25, -0.2) is 4.79 Å².